The molecule has 0 radical (unpaired) electrons. The van der Waals surface area contributed by atoms with Crippen LogP contribution >= 0.6 is 11.3 Å². The minimum atomic E-state index is 0.612. The summed E-state index contributed by atoms with van der Waals surface area (Å²) < 4.78 is 5.24. The summed E-state index contributed by atoms with van der Waals surface area (Å²) in [6.07, 6.45) is 5.30. The smallest absolute Gasteiger partial charge is 0.185 e. The van der Waals surface area contributed by atoms with Crippen LogP contribution in [0.5, 0.6) is 0 Å². The van der Waals surface area contributed by atoms with Crippen molar-refractivity contribution < 1.29 is 4.74 Å². The third-order valence-electron chi connectivity index (χ3n) is 3.26. The number of nitrogens with zero attached hydrogens (tertiary/aromatic N) is 2. The van der Waals surface area contributed by atoms with Gasteiger partial charge < -0.3 is 15.0 Å². The number of hydrogen-bond acceptors (Lipinski definition) is 5. The summed E-state index contributed by atoms with van der Waals surface area (Å²) in [6.45, 7) is 3.80. The fraction of sp³-hybridized carbons (Fsp3) is 0.769. The number of methoxy groups -OCH3 is 1. The first-order chi connectivity index (χ1) is 8.85. The lowest BCUT2D eigenvalue weighted by atomic mass is 10.2. The van der Waals surface area contributed by atoms with Crippen molar-refractivity contribution in [3.63, 3.8) is 0 Å². The Morgan fingerprint density at radius 1 is 1.28 bits per heavy atom. The number of nitrogens with one attached hydrogen (secondary N) is 1. The molecule has 0 atom stereocenters. The molecule has 1 N–H and O–H groups in total. The van der Waals surface area contributed by atoms with E-state index in [0.717, 1.165) is 25.3 Å². The predicted molar refractivity (Wildman–Crippen MR) is 76.3 cm³/mol. The quantitative estimate of drug-likeness (QED) is 0.890. The maximum Gasteiger partial charge on any atom is 0.185 e. The lowest BCUT2D eigenvalue weighted by Gasteiger charge is -2.18. The van der Waals surface area contributed by atoms with Gasteiger partial charge in [0.15, 0.2) is 5.13 Å². The summed E-state index contributed by atoms with van der Waals surface area (Å²) in [4.78, 5) is 8.51. The highest BCUT2D eigenvalue weighted by Gasteiger charge is 2.17. The van der Waals surface area contributed by atoms with Gasteiger partial charge in [-0.2, -0.15) is 0 Å². The highest BCUT2D eigenvalue weighted by molar-refractivity contribution is 7.15. The first-order valence-electron chi connectivity index (χ1n) is 6.72. The topological polar surface area (TPSA) is 37.4 Å². The van der Waals surface area contributed by atoms with Gasteiger partial charge in [0.25, 0.3) is 0 Å². The molecule has 1 aliphatic rings. The maximum absolute atomic E-state index is 5.24. The fourth-order valence-corrected chi connectivity index (χ4v) is 3.44. The van der Waals surface area contributed by atoms with Gasteiger partial charge in [-0.1, -0.05) is 12.8 Å². The zero-order valence-electron chi connectivity index (χ0n) is 11.4. The van der Waals surface area contributed by atoms with E-state index in [1.807, 2.05) is 18.4 Å². The van der Waals surface area contributed by atoms with Crippen LogP contribution in [-0.4, -0.2) is 32.2 Å². The number of aromatic nitrogens is 1. The van der Waals surface area contributed by atoms with Crippen LogP contribution < -0.4 is 10.2 Å². The van der Waals surface area contributed by atoms with Crippen LogP contribution in [0.1, 0.15) is 36.3 Å². The van der Waals surface area contributed by atoms with E-state index in [4.69, 9.17) is 9.72 Å². The maximum atomic E-state index is 5.24. The van der Waals surface area contributed by atoms with Crippen LogP contribution in [0.25, 0.3) is 0 Å². The molecular weight excluding hydrogens is 246 g/mol. The van der Waals surface area contributed by atoms with Crippen molar-refractivity contribution in [1.82, 2.24) is 10.3 Å². The molecule has 102 valence electrons. The Balaban J connectivity index is 2.13. The van der Waals surface area contributed by atoms with E-state index in [2.05, 4.69) is 10.2 Å². The van der Waals surface area contributed by atoms with Crippen LogP contribution in [0.4, 0.5) is 5.13 Å². The van der Waals surface area contributed by atoms with Crippen molar-refractivity contribution in [1.29, 1.82) is 0 Å². The Kier molecular flexibility index (Phi) is 5.41. The van der Waals surface area contributed by atoms with Crippen molar-refractivity contribution >= 4 is 16.5 Å². The number of rotatable bonds is 5. The Bertz CT molecular complexity index is 336. The van der Waals surface area contributed by atoms with Crippen LogP contribution in [0.2, 0.25) is 0 Å². The Morgan fingerprint density at radius 3 is 2.61 bits per heavy atom. The van der Waals surface area contributed by atoms with Gasteiger partial charge in [0.1, 0.15) is 0 Å². The number of ether oxygens (including phenoxy) is 1. The van der Waals surface area contributed by atoms with Gasteiger partial charge in [0.05, 0.1) is 12.3 Å². The fourth-order valence-electron chi connectivity index (χ4n) is 2.32. The van der Waals surface area contributed by atoms with Gasteiger partial charge in [-0.25, -0.2) is 4.98 Å². The van der Waals surface area contributed by atoms with Crippen LogP contribution in [0.15, 0.2) is 0 Å². The molecule has 2 rings (SSSR count). The van der Waals surface area contributed by atoms with E-state index in [-0.39, 0.29) is 0 Å². The molecular formula is C13H23N3OS. The van der Waals surface area contributed by atoms with E-state index < -0.39 is 0 Å². The minimum Gasteiger partial charge on any atom is -0.378 e. The molecule has 0 saturated carbocycles. The second kappa shape index (κ2) is 7.07. The van der Waals surface area contributed by atoms with Crippen molar-refractivity contribution in [3.8, 4) is 0 Å². The monoisotopic (exact) mass is 269 g/mol. The molecule has 4 nitrogen and oxygen atoms in total. The second-order valence-corrected chi connectivity index (χ2v) is 5.79. The highest BCUT2D eigenvalue weighted by atomic mass is 32.1. The summed E-state index contributed by atoms with van der Waals surface area (Å²) >= 11 is 1.81. The Hall–Kier alpha value is -0.650. The molecule has 1 aliphatic heterocycles. The SMILES string of the molecule is CNCc1sc(N2CCCCCC2)nc1COC. The lowest BCUT2D eigenvalue weighted by molar-refractivity contribution is 0.181. The van der Waals surface area contributed by atoms with Gasteiger partial charge >= 0.3 is 0 Å². The zero-order chi connectivity index (χ0) is 12.8. The number of anilines is 1. The van der Waals surface area contributed by atoms with Crippen molar-refractivity contribution in [2.24, 2.45) is 0 Å². The summed E-state index contributed by atoms with van der Waals surface area (Å²) in [5.74, 6) is 0. The molecule has 0 aliphatic carbocycles. The standard InChI is InChI=1S/C13H23N3OS/c1-14-9-12-11(10-17-2)15-13(18-12)16-7-5-3-4-6-8-16/h14H,3-10H2,1-2H3. The Morgan fingerprint density at radius 2 is 2.00 bits per heavy atom. The van der Waals surface area contributed by atoms with Gasteiger partial charge in [-0.3, -0.25) is 0 Å². The molecule has 0 aromatic carbocycles. The van der Waals surface area contributed by atoms with Crippen molar-refractivity contribution in [2.75, 3.05) is 32.1 Å². The van der Waals surface area contributed by atoms with Gasteiger partial charge in [0, 0.05) is 31.6 Å². The van der Waals surface area contributed by atoms with E-state index in [1.165, 1.54) is 35.7 Å². The largest absolute Gasteiger partial charge is 0.378 e. The highest BCUT2D eigenvalue weighted by Crippen LogP contribution is 2.28. The predicted octanol–water partition coefficient (Wildman–Crippen LogP) is 2.39. The lowest BCUT2D eigenvalue weighted by Crippen LogP contribution is -2.23. The van der Waals surface area contributed by atoms with Crippen molar-refractivity contribution in [2.45, 2.75) is 38.8 Å². The zero-order valence-corrected chi connectivity index (χ0v) is 12.2. The van der Waals surface area contributed by atoms with E-state index >= 15 is 0 Å². The summed E-state index contributed by atoms with van der Waals surface area (Å²) in [7, 11) is 3.70. The molecule has 0 unspecified atom stereocenters. The van der Waals surface area contributed by atoms with Gasteiger partial charge in [-0.15, -0.1) is 11.3 Å². The molecule has 1 aromatic rings. The molecule has 0 bridgehead atoms. The van der Waals surface area contributed by atoms with Gasteiger partial charge in [-0.05, 0) is 19.9 Å². The molecule has 0 spiro atoms. The van der Waals surface area contributed by atoms with Crippen LogP contribution in [0, 0.1) is 0 Å². The molecule has 0 amide bonds. The van der Waals surface area contributed by atoms with Crippen LogP contribution in [-0.2, 0) is 17.9 Å². The summed E-state index contributed by atoms with van der Waals surface area (Å²) in [5.41, 5.74) is 1.09. The average molecular weight is 269 g/mol. The van der Waals surface area contributed by atoms with E-state index in [9.17, 15) is 0 Å². The number of hydrogen-bond donors (Lipinski definition) is 1. The molecule has 1 saturated heterocycles. The molecule has 5 heteroatoms. The average Bonchev–Trinajstić information content (AvgIpc) is 2.62. The first kappa shape index (κ1) is 13.8. The third kappa shape index (κ3) is 3.43. The second-order valence-electron chi connectivity index (χ2n) is 4.73. The summed E-state index contributed by atoms with van der Waals surface area (Å²) in [6, 6.07) is 0. The molecule has 1 fully saturated rings. The summed E-state index contributed by atoms with van der Waals surface area (Å²) in [5, 5.41) is 4.38. The van der Waals surface area contributed by atoms with E-state index in [0.29, 0.717) is 6.61 Å². The molecule has 18 heavy (non-hydrogen) atoms. The molecule has 2 heterocycles. The Labute approximate surface area is 113 Å². The minimum absolute atomic E-state index is 0.612. The van der Waals surface area contributed by atoms with E-state index in [1.54, 1.807) is 7.11 Å². The number of thiazole rings is 1. The third-order valence-corrected chi connectivity index (χ3v) is 4.42. The molecule has 1 aromatic heterocycles. The van der Waals surface area contributed by atoms with Crippen molar-refractivity contribution in [3.05, 3.63) is 10.6 Å². The van der Waals surface area contributed by atoms with Gasteiger partial charge in [0.2, 0.25) is 0 Å². The van der Waals surface area contributed by atoms with Crippen LogP contribution in [0.3, 0.4) is 0 Å². The first-order valence-corrected chi connectivity index (χ1v) is 7.54. The normalized spacial score (nSPS) is 16.9.